The van der Waals surface area contributed by atoms with Gasteiger partial charge in [-0.25, -0.2) is 0 Å². The molecular weight excluding hydrogens is 223 g/mol. The lowest BCUT2D eigenvalue weighted by Gasteiger charge is -2.38. The predicted molar refractivity (Wildman–Crippen MR) is 65.2 cm³/mol. The number of aliphatic hydroxyl groups is 1. The first-order valence-electron chi connectivity index (χ1n) is 5.44. The van der Waals surface area contributed by atoms with Gasteiger partial charge in [0.25, 0.3) is 0 Å². The Hall–Kier alpha value is -0.845. The summed E-state index contributed by atoms with van der Waals surface area (Å²) in [4.78, 5) is 10.5. The van der Waals surface area contributed by atoms with Crippen LogP contribution < -0.4 is 0 Å². The van der Waals surface area contributed by atoms with Crippen molar-refractivity contribution >= 4 is 13.1 Å². The van der Waals surface area contributed by atoms with Crippen molar-refractivity contribution < 1.29 is 24.3 Å². The highest BCUT2D eigenvalue weighted by atomic mass is 16.5. The average molecular weight is 244 g/mol. The standard InChI is InChI=1S/C11H21BO5/c1-9(13)16-8-6-7-12(15)17-11(4,5)10(2,3)14/h6-7,14-15H,8H2,1-5H3. The Morgan fingerprint density at radius 2 is 1.88 bits per heavy atom. The summed E-state index contributed by atoms with van der Waals surface area (Å²) in [5, 5.41) is 19.4. The van der Waals surface area contributed by atoms with Crippen LogP contribution >= 0.6 is 0 Å². The molecule has 0 atom stereocenters. The molecule has 0 heterocycles. The molecule has 0 unspecified atom stereocenters. The SMILES string of the molecule is CC(=O)OCC=CB(O)OC(C)(C)C(C)(C)O. The van der Waals surface area contributed by atoms with Gasteiger partial charge in [-0.05, 0) is 27.7 Å². The molecular formula is C11H21BO5. The maximum atomic E-state index is 10.5. The second-order valence-corrected chi connectivity index (χ2v) is 4.81. The highest BCUT2D eigenvalue weighted by molar-refractivity contribution is 6.49. The van der Waals surface area contributed by atoms with E-state index in [4.69, 9.17) is 4.65 Å². The Morgan fingerprint density at radius 1 is 1.35 bits per heavy atom. The summed E-state index contributed by atoms with van der Waals surface area (Å²) in [6.07, 6.45) is 1.48. The van der Waals surface area contributed by atoms with Gasteiger partial charge in [0.05, 0.1) is 11.2 Å². The van der Waals surface area contributed by atoms with E-state index in [0.717, 1.165) is 0 Å². The molecule has 2 N–H and O–H groups in total. The smallest absolute Gasteiger partial charge is 0.462 e. The van der Waals surface area contributed by atoms with Crippen LogP contribution in [0, 0.1) is 0 Å². The summed E-state index contributed by atoms with van der Waals surface area (Å²) in [6, 6.07) is 0. The molecule has 17 heavy (non-hydrogen) atoms. The summed E-state index contributed by atoms with van der Waals surface area (Å²) in [7, 11) is -1.16. The van der Waals surface area contributed by atoms with Crippen molar-refractivity contribution in [1.82, 2.24) is 0 Å². The summed E-state index contributed by atoms with van der Waals surface area (Å²) in [5.74, 6) is 0.970. The number of carbonyl (C=O) groups excluding carboxylic acids is 1. The largest absolute Gasteiger partial charge is 0.483 e. The zero-order valence-electron chi connectivity index (χ0n) is 11.1. The lowest BCUT2D eigenvalue weighted by molar-refractivity contribution is -0.139. The summed E-state index contributed by atoms with van der Waals surface area (Å²) < 4.78 is 9.94. The molecule has 0 bridgehead atoms. The van der Waals surface area contributed by atoms with Crippen LogP contribution in [-0.2, 0) is 14.2 Å². The van der Waals surface area contributed by atoms with Gasteiger partial charge < -0.3 is 19.5 Å². The van der Waals surface area contributed by atoms with Crippen molar-refractivity contribution in [2.75, 3.05) is 6.61 Å². The lowest BCUT2D eigenvalue weighted by atomic mass is 9.83. The molecule has 0 saturated carbocycles. The third-order valence-electron chi connectivity index (χ3n) is 2.57. The second kappa shape index (κ2) is 6.19. The zero-order valence-corrected chi connectivity index (χ0v) is 11.1. The van der Waals surface area contributed by atoms with Crippen molar-refractivity contribution in [3.8, 4) is 0 Å². The van der Waals surface area contributed by atoms with Gasteiger partial charge in [-0.2, -0.15) is 0 Å². The second-order valence-electron chi connectivity index (χ2n) is 4.81. The normalized spacial score (nSPS) is 12.9. The van der Waals surface area contributed by atoms with E-state index in [-0.39, 0.29) is 12.6 Å². The lowest BCUT2D eigenvalue weighted by Crippen LogP contribution is -2.50. The van der Waals surface area contributed by atoms with Gasteiger partial charge in [0.2, 0.25) is 0 Å². The highest BCUT2D eigenvalue weighted by Gasteiger charge is 2.38. The molecule has 0 radical (unpaired) electrons. The Labute approximate surface area is 103 Å². The van der Waals surface area contributed by atoms with E-state index in [1.807, 2.05) is 0 Å². The van der Waals surface area contributed by atoms with Crippen LogP contribution in [0.15, 0.2) is 12.1 Å². The molecule has 0 amide bonds. The minimum absolute atomic E-state index is 0.0820. The molecule has 0 aromatic carbocycles. The fourth-order valence-corrected chi connectivity index (χ4v) is 0.823. The molecule has 0 saturated heterocycles. The molecule has 0 fully saturated rings. The molecule has 6 heteroatoms. The van der Waals surface area contributed by atoms with Crippen LogP contribution in [0.3, 0.4) is 0 Å². The fraction of sp³-hybridized carbons (Fsp3) is 0.727. The van der Waals surface area contributed by atoms with Gasteiger partial charge in [-0.15, -0.1) is 0 Å². The predicted octanol–water partition coefficient (Wildman–Crippen LogP) is 0.691. The van der Waals surface area contributed by atoms with Crippen LogP contribution in [0.1, 0.15) is 34.6 Å². The molecule has 0 aromatic rings. The maximum absolute atomic E-state index is 10.5. The van der Waals surface area contributed by atoms with E-state index >= 15 is 0 Å². The first-order valence-corrected chi connectivity index (χ1v) is 5.44. The van der Waals surface area contributed by atoms with Gasteiger partial charge in [0, 0.05) is 6.92 Å². The highest BCUT2D eigenvalue weighted by Crippen LogP contribution is 2.25. The number of carbonyl (C=O) groups is 1. The van der Waals surface area contributed by atoms with E-state index in [0.29, 0.717) is 0 Å². The van der Waals surface area contributed by atoms with Crippen LogP contribution in [-0.4, -0.2) is 41.0 Å². The van der Waals surface area contributed by atoms with E-state index in [2.05, 4.69) is 4.74 Å². The van der Waals surface area contributed by atoms with Crippen LogP contribution in [0.25, 0.3) is 0 Å². The first kappa shape index (κ1) is 16.2. The molecule has 0 aliphatic rings. The van der Waals surface area contributed by atoms with Gasteiger partial charge in [-0.3, -0.25) is 4.79 Å². The monoisotopic (exact) mass is 244 g/mol. The number of esters is 1. The Kier molecular flexibility index (Phi) is 5.88. The van der Waals surface area contributed by atoms with Crippen LogP contribution in [0.4, 0.5) is 0 Å². The summed E-state index contributed by atoms with van der Waals surface area (Å²) in [5.41, 5.74) is -1.99. The van der Waals surface area contributed by atoms with Crippen molar-refractivity contribution in [3.63, 3.8) is 0 Å². The quantitative estimate of drug-likeness (QED) is 0.531. The van der Waals surface area contributed by atoms with Crippen LogP contribution in [0.2, 0.25) is 0 Å². The number of hydrogen-bond acceptors (Lipinski definition) is 5. The number of hydrogen-bond donors (Lipinski definition) is 2. The number of rotatable bonds is 6. The van der Waals surface area contributed by atoms with Crippen molar-refractivity contribution in [3.05, 3.63) is 12.1 Å². The van der Waals surface area contributed by atoms with Gasteiger partial charge in [0.15, 0.2) is 0 Å². The third-order valence-corrected chi connectivity index (χ3v) is 2.57. The van der Waals surface area contributed by atoms with E-state index < -0.39 is 18.3 Å². The average Bonchev–Trinajstić information content (AvgIpc) is 2.09. The maximum Gasteiger partial charge on any atom is 0.483 e. The summed E-state index contributed by atoms with van der Waals surface area (Å²) >= 11 is 0. The van der Waals surface area contributed by atoms with Gasteiger partial charge in [-0.1, -0.05) is 12.1 Å². The van der Waals surface area contributed by atoms with E-state index in [1.165, 1.54) is 19.0 Å². The van der Waals surface area contributed by atoms with Crippen molar-refractivity contribution in [1.29, 1.82) is 0 Å². The van der Waals surface area contributed by atoms with Gasteiger partial charge in [0.1, 0.15) is 6.61 Å². The van der Waals surface area contributed by atoms with Gasteiger partial charge >= 0.3 is 13.1 Å². The van der Waals surface area contributed by atoms with Crippen molar-refractivity contribution in [2.45, 2.75) is 45.8 Å². The van der Waals surface area contributed by atoms with Crippen molar-refractivity contribution in [2.24, 2.45) is 0 Å². The topological polar surface area (TPSA) is 76.0 Å². The third kappa shape index (κ3) is 6.46. The number of ether oxygens (including phenoxy) is 1. The minimum Gasteiger partial charge on any atom is -0.462 e. The molecule has 0 rings (SSSR count). The Balaban J connectivity index is 4.18. The van der Waals surface area contributed by atoms with Crippen LogP contribution in [0.5, 0.6) is 0 Å². The first-order chi connectivity index (χ1) is 7.56. The van der Waals surface area contributed by atoms with E-state index in [9.17, 15) is 14.9 Å². The zero-order chi connectivity index (χ0) is 13.7. The molecule has 0 aliphatic carbocycles. The Bertz CT molecular complexity index is 280. The molecule has 5 nitrogen and oxygen atoms in total. The van der Waals surface area contributed by atoms with E-state index in [1.54, 1.807) is 27.7 Å². The molecule has 0 aliphatic heterocycles. The minimum atomic E-state index is -1.16. The Morgan fingerprint density at radius 3 is 2.29 bits per heavy atom. The molecule has 98 valence electrons. The fourth-order valence-electron chi connectivity index (χ4n) is 0.823. The molecule has 0 aromatic heterocycles. The summed E-state index contributed by atoms with van der Waals surface area (Å²) in [6.45, 7) is 7.94. The molecule has 0 spiro atoms.